The molecule has 0 saturated heterocycles. The van der Waals surface area contributed by atoms with Gasteiger partial charge in [-0.3, -0.25) is 0 Å². The van der Waals surface area contributed by atoms with E-state index in [1.807, 2.05) is 0 Å². The summed E-state index contributed by atoms with van der Waals surface area (Å²) in [5.74, 6) is -1.24. The molecule has 0 heterocycles. The minimum atomic E-state index is -1.39. The summed E-state index contributed by atoms with van der Waals surface area (Å²) in [5.41, 5.74) is 0.638. The Bertz CT molecular complexity index is 311. The zero-order valence-corrected chi connectivity index (χ0v) is 7.53. The van der Waals surface area contributed by atoms with Crippen LogP contribution in [0.3, 0.4) is 0 Å². The third kappa shape index (κ3) is 2.72. The van der Waals surface area contributed by atoms with Crippen molar-refractivity contribution in [1.29, 1.82) is 0 Å². The van der Waals surface area contributed by atoms with Gasteiger partial charge in [-0.05, 0) is 11.6 Å². The van der Waals surface area contributed by atoms with Crippen molar-refractivity contribution < 1.29 is 15.0 Å². The molecular formula is C9H9ClO3. The molecule has 1 unspecified atom stereocenters. The zero-order valence-electron chi connectivity index (χ0n) is 6.77. The Balaban J connectivity index is 2.74. The van der Waals surface area contributed by atoms with Gasteiger partial charge in [-0.1, -0.05) is 29.8 Å². The lowest BCUT2D eigenvalue weighted by Crippen LogP contribution is -2.22. The van der Waals surface area contributed by atoms with E-state index in [-0.39, 0.29) is 6.42 Å². The van der Waals surface area contributed by atoms with E-state index in [0.29, 0.717) is 10.6 Å². The Labute approximate surface area is 80.6 Å². The predicted octanol–water partition coefficient (Wildman–Crippen LogP) is 1.33. The minimum Gasteiger partial charge on any atom is -0.479 e. The maximum Gasteiger partial charge on any atom is 0.332 e. The van der Waals surface area contributed by atoms with E-state index >= 15 is 0 Å². The smallest absolute Gasteiger partial charge is 0.332 e. The van der Waals surface area contributed by atoms with Gasteiger partial charge in [0.05, 0.1) is 0 Å². The SMILES string of the molecule is O=C(O)C(O)Cc1ccccc1Cl. The Morgan fingerprint density at radius 3 is 2.62 bits per heavy atom. The highest BCUT2D eigenvalue weighted by Crippen LogP contribution is 2.16. The predicted molar refractivity (Wildman–Crippen MR) is 48.8 cm³/mol. The molecule has 0 fully saturated rings. The number of aliphatic carboxylic acids is 1. The number of benzene rings is 1. The average Bonchev–Trinajstić information content (AvgIpc) is 2.08. The molecule has 0 spiro atoms. The molecule has 0 saturated carbocycles. The van der Waals surface area contributed by atoms with E-state index in [1.165, 1.54) is 0 Å². The van der Waals surface area contributed by atoms with Gasteiger partial charge in [0, 0.05) is 11.4 Å². The third-order valence-corrected chi connectivity index (χ3v) is 2.02. The lowest BCUT2D eigenvalue weighted by molar-refractivity contribution is -0.146. The van der Waals surface area contributed by atoms with Crippen molar-refractivity contribution in [3.8, 4) is 0 Å². The van der Waals surface area contributed by atoms with Crippen molar-refractivity contribution in [2.75, 3.05) is 0 Å². The number of hydrogen-bond acceptors (Lipinski definition) is 2. The fourth-order valence-corrected chi connectivity index (χ4v) is 1.17. The number of aliphatic hydroxyl groups excluding tert-OH is 1. The molecule has 0 aliphatic heterocycles. The molecule has 1 rings (SSSR count). The van der Waals surface area contributed by atoms with Crippen LogP contribution >= 0.6 is 11.6 Å². The summed E-state index contributed by atoms with van der Waals surface area (Å²) in [7, 11) is 0. The largest absolute Gasteiger partial charge is 0.479 e. The van der Waals surface area contributed by atoms with Crippen molar-refractivity contribution in [3.63, 3.8) is 0 Å². The lowest BCUT2D eigenvalue weighted by atomic mass is 10.1. The van der Waals surface area contributed by atoms with E-state index in [0.717, 1.165) is 0 Å². The van der Waals surface area contributed by atoms with Gasteiger partial charge < -0.3 is 10.2 Å². The van der Waals surface area contributed by atoms with Gasteiger partial charge in [-0.2, -0.15) is 0 Å². The van der Waals surface area contributed by atoms with Crippen LogP contribution in [0.4, 0.5) is 0 Å². The third-order valence-electron chi connectivity index (χ3n) is 1.66. The maximum absolute atomic E-state index is 10.3. The second-order valence-corrected chi connectivity index (χ2v) is 3.06. The summed E-state index contributed by atoms with van der Waals surface area (Å²) in [6.45, 7) is 0. The van der Waals surface area contributed by atoms with Crippen LogP contribution in [-0.4, -0.2) is 22.3 Å². The fourth-order valence-electron chi connectivity index (χ4n) is 0.960. The molecule has 0 aromatic heterocycles. The maximum atomic E-state index is 10.3. The van der Waals surface area contributed by atoms with Crippen LogP contribution in [0.25, 0.3) is 0 Å². The van der Waals surface area contributed by atoms with Gasteiger partial charge in [0.15, 0.2) is 6.10 Å². The molecule has 0 aliphatic carbocycles. The molecule has 0 radical (unpaired) electrons. The van der Waals surface area contributed by atoms with Crippen molar-refractivity contribution in [3.05, 3.63) is 34.9 Å². The Hall–Kier alpha value is -1.06. The average molecular weight is 201 g/mol. The van der Waals surface area contributed by atoms with E-state index in [9.17, 15) is 4.79 Å². The van der Waals surface area contributed by atoms with Gasteiger partial charge >= 0.3 is 5.97 Å². The van der Waals surface area contributed by atoms with Crippen molar-refractivity contribution in [2.45, 2.75) is 12.5 Å². The monoisotopic (exact) mass is 200 g/mol. The van der Waals surface area contributed by atoms with Crippen LogP contribution in [-0.2, 0) is 11.2 Å². The summed E-state index contributed by atoms with van der Waals surface area (Å²) in [4.78, 5) is 10.3. The molecule has 1 aromatic rings. The van der Waals surface area contributed by atoms with Crippen LogP contribution in [0.2, 0.25) is 5.02 Å². The van der Waals surface area contributed by atoms with Crippen molar-refractivity contribution >= 4 is 17.6 Å². The molecule has 2 N–H and O–H groups in total. The van der Waals surface area contributed by atoms with Crippen LogP contribution in [0.15, 0.2) is 24.3 Å². The van der Waals surface area contributed by atoms with Gasteiger partial charge in [0.2, 0.25) is 0 Å². The second kappa shape index (κ2) is 4.25. The summed E-state index contributed by atoms with van der Waals surface area (Å²) >= 11 is 5.77. The normalized spacial score (nSPS) is 12.5. The zero-order chi connectivity index (χ0) is 9.84. The number of hydrogen-bond donors (Lipinski definition) is 2. The first kappa shape index (κ1) is 10.0. The second-order valence-electron chi connectivity index (χ2n) is 2.65. The molecular weight excluding hydrogens is 192 g/mol. The quantitative estimate of drug-likeness (QED) is 0.774. The Kier molecular flexibility index (Phi) is 3.28. The number of rotatable bonds is 3. The van der Waals surface area contributed by atoms with Crippen LogP contribution in [0.1, 0.15) is 5.56 Å². The number of carbonyl (C=O) groups is 1. The minimum absolute atomic E-state index is 0.0367. The molecule has 1 atom stereocenters. The van der Waals surface area contributed by atoms with Gasteiger partial charge in [0.1, 0.15) is 0 Å². The van der Waals surface area contributed by atoms with Crippen LogP contribution in [0, 0.1) is 0 Å². The molecule has 0 aliphatic rings. The van der Waals surface area contributed by atoms with Crippen LogP contribution < -0.4 is 0 Å². The Morgan fingerprint density at radius 1 is 1.46 bits per heavy atom. The number of carboxylic acid groups (broad SMARTS) is 1. The summed E-state index contributed by atoms with van der Waals surface area (Å²) < 4.78 is 0. The molecule has 4 heteroatoms. The first-order valence-corrected chi connectivity index (χ1v) is 4.13. The van der Waals surface area contributed by atoms with E-state index in [1.54, 1.807) is 24.3 Å². The van der Waals surface area contributed by atoms with Gasteiger partial charge in [0.25, 0.3) is 0 Å². The first-order chi connectivity index (χ1) is 6.11. The standard InChI is InChI=1S/C9H9ClO3/c10-7-4-2-1-3-6(7)5-8(11)9(12)13/h1-4,8,11H,5H2,(H,12,13). The molecule has 0 bridgehead atoms. The highest BCUT2D eigenvalue weighted by Gasteiger charge is 2.14. The van der Waals surface area contributed by atoms with Crippen LogP contribution in [0.5, 0.6) is 0 Å². The molecule has 70 valence electrons. The van der Waals surface area contributed by atoms with E-state index in [2.05, 4.69) is 0 Å². The number of carboxylic acids is 1. The molecule has 0 amide bonds. The summed E-state index contributed by atoms with van der Waals surface area (Å²) in [5, 5.41) is 18.0. The van der Waals surface area contributed by atoms with E-state index < -0.39 is 12.1 Å². The summed E-state index contributed by atoms with van der Waals surface area (Å²) in [6.07, 6.45) is -1.35. The molecule has 1 aromatic carbocycles. The lowest BCUT2D eigenvalue weighted by Gasteiger charge is -2.06. The number of aliphatic hydroxyl groups is 1. The van der Waals surface area contributed by atoms with Gasteiger partial charge in [-0.15, -0.1) is 0 Å². The molecule has 3 nitrogen and oxygen atoms in total. The van der Waals surface area contributed by atoms with Gasteiger partial charge in [-0.25, -0.2) is 4.79 Å². The van der Waals surface area contributed by atoms with Crippen molar-refractivity contribution in [1.82, 2.24) is 0 Å². The number of halogens is 1. The topological polar surface area (TPSA) is 57.5 Å². The highest BCUT2D eigenvalue weighted by atomic mass is 35.5. The fraction of sp³-hybridized carbons (Fsp3) is 0.222. The van der Waals surface area contributed by atoms with Crippen molar-refractivity contribution in [2.24, 2.45) is 0 Å². The van der Waals surface area contributed by atoms with E-state index in [4.69, 9.17) is 21.8 Å². The summed E-state index contributed by atoms with van der Waals surface area (Å²) in [6, 6.07) is 6.84. The Morgan fingerprint density at radius 2 is 2.08 bits per heavy atom. The molecule has 13 heavy (non-hydrogen) atoms. The highest BCUT2D eigenvalue weighted by molar-refractivity contribution is 6.31. The first-order valence-electron chi connectivity index (χ1n) is 3.75.